The van der Waals surface area contributed by atoms with E-state index in [0.717, 1.165) is 18.2 Å². The minimum Gasteiger partial charge on any atom is -0.507 e. The van der Waals surface area contributed by atoms with Gasteiger partial charge in [-0.25, -0.2) is 9.37 Å². The topological polar surface area (TPSA) is 145 Å². The van der Waals surface area contributed by atoms with Crippen molar-refractivity contribution in [3.05, 3.63) is 84.1 Å². The average molecular weight is 512 g/mol. The monoisotopic (exact) mass is 511 g/mol. The Kier molecular flexibility index (Phi) is 6.49. The number of nitrogens with zero attached hydrogens (tertiary/aromatic N) is 3. The summed E-state index contributed by atoms with van der Waals surface area (Å²) >= 11 is 0. The number of benzene rings is 2. The number of hydrogen-bond donors (Lipinski definition) is 3. The summed E-state index contributed by atoms with van der Waals surface area (Å²) in [6.07, 6.45) is 2.80. The van der Waals surface area contributed by atoms with Crippen molar-refractivity contribution >= 4 is 23.3 Å². The van der Waals surface area contributed by atoms with Crippen LogP contribution in [0.1, 0.15) is 29.0 Å². The molecule has 0 saturated carbocycles. The molecule has 2 aromatic carbocycles. The first-order valence-electron chi connectivity index (χ1n) is 11.8. The number of halogens is 1. The molecule has 0 unspecified atom stereocenters. The molecule has 0 spiro atoms. The molecule has 1 aliphatic heterocycles. The van der Waals surface area contributed by atoms with Crippen LogP contribution in [0.4, 0.5) is 15.9 Å². The molecule has 0 aliphatic carbocycles. The van der Waals surface area contributed by atoms with Gasteiger partial charge in [0.1, 0.15) is 29.2 Å². The highest BCUT2D eigenvalue weighted by atomic mass is 19.1. The Morgan fingerprint density at radius 2 is 2.00 bits per heavy atom. The summed E-state index contributed by atoms with van der Waals surface area (Å²) in [6.45, 7) is 0.650. The standard InChI is InChI=1S/C28H22FN5O4/c29-17-8-9-19(24(35)13-17)22-14-20(21(15-30)27(32-22)33-28(37)25-7-3-11-38-25)16-4-1-5-18(12-16)34-10-2-6-23(34)26(31)36/h1,3-5,7-9,11-14,23,35H,2,6,10H2,(H2,31,36)(H,32,33,37)/t23-/m1/s1. The first kappa shape index (κ1) is 24.5. The molecule has 10 heteroatoms. The largest absolute Gasteiger partial charge is 0.507 e. The number of primary amides is 1. The van der Waals surface area contributed by atoms with E-state index in [-0.39, 0.29) is 34.1 Å². The van der Waals surface area contributed by atoms with Crippen molar-refractivity contribution in [1.82, 2.24) is 4.98 Å². The molecule has 1 fully saturated rings. The van der Waals surface area contributed by atoms with Crippen LogP contribution in [0.3, 0.4) is 0 Å². The second-order valence-electron chi connectivity index (χ2n) is 8.79. The maximum atomic E-state index is 13.7. The van der Waals surface area contributed by atoms with Crippen LogP contribution < -0.4 is 16.0 Å². The van der Waals surface area contributed by atoms with Gasteiger partial charge in [-0.05, 0) is 60.9 Å². The number of carbonyl (C=O) groups excluding carboxylic acids is 2. The lowest BCUT2D eigenvalue weighted by Crippen LogP contribution is -2.40. The number of anilines is 2. The number of carbonyl (C=O) groups is 2. The summed E-state index contributed by atoms with van der Waals surface area (Å²) in [4.78, 5) is 31.1. The number of nitriles is 1. The molecule has 5 rings (SSSR count). The van der Waals surface area contributed by atoms with Crippen molar-refractivity contribution in [2.24, 2.45) is 5.73 Å². The van der Waals surface area contributed by atoms with E-state index in [2.05, 4.69) is 16.4 Å². The first-order chi connectivity index (χ1) is 18.4. The maximum absolute atomic E-state index is 13.7. The predicted octanol–water partition coefficient (Wildman–Crippen LogP) is 4.43. The van der Waals surface area contributed by atoms with Crippen molar-refractivity contribution in [2.75, 3.05) is 16.8 Å². The third kappa shape index (κ3) is 4.65. The minimum atomic E-state index is -0.631. The lowest BCUT2D eigenvalue weighted by molar-refractivity contribution is -0.119. The summed E-state index contributed by atoms with van der Waals surface area (Å²) in [6, 6.07) is 17.0. The summed E-state index contributed by atoms with van der Waals surface area (Å²) < 4.78 is 18.8. The second kappa shape index (κ2) is 10.1. The smallest absolute Gasteiger partial charge is 0.292 e. The number of phenolic OH excluding ortho intramolecular Hbond substituents is 1. The quantitative estimate of drug-likeness (QED) is 0.347. The van der Waals surface area contributed by atoms with Crippen LogP contribution in [0.25, 0.3) is 22.4 Å². The van der Waals surface area contributed by atoms with E-state index in [1.165, 1.54) is 24.5 Å². The van der Waals surface area contributed by atoms with Crippen molar-refractivity contribution in [3.63, 3.8) is 0 Å². The van der Waals surface area contributed by atoms with E-state index in [0.29, 0.717) is 24.1 Å². The van der Waals surface area contributed by atoms with Crippen LogP contribution in [-0.4, -0.2) is 34.5 Å². The van der Waals surface area contributed by atoms with Gasteiger partial charge < -0.3 is 25.5 Å². The number of aromatic nitrogens is 1. The molecule has 2 aromatic heterocycles. The van der Waals surface area contributed by atoms with E-state index in [1.54, 1.807) is 24.3 Å². The van der Waals surface area contributed by atoms with Gasteiger partial charge in [-0.2, -0.15) is 5.26 Å². The van der Waals surface area contributed by atoms with Crippen LogP contribution in [0, 0.1) is 17.1 Å². The number of pyridine rings is 1. The van der Waals surface area contributed by atoms with Gasteiger partial charge >= 0.3 is 0 Å². The van der Waals surface area contributed by atoms with Gasteiger partial charge in [0, 0.05) is 29.4 Å². The van der Waals surface area contributed by atoms with Crippen molar-refractivity contribution < 1.29 is 23.5 Å². The molecule has 1 atom stereocenters. The molecule has 3 heterocycles. The summed E-state index contributed by atoms with van der Waals surface area (Å²) in [7, 11) is 0. The fraction of sp³-hybridized carbons (Fsp3) is 0.143. The van der Waals surface area contributed by atoms with Crippen LogP contribution >= 0.6 is 0 Å². The van der Waals surface area contributed by atoms with E-state index in [9.17, 15) is 24.3 Å². The van der Waals surface area contributed by atoms with E-state index < -0.39 is 23.7 Å². The maximum Gasteiger partial charge on any atom is 0.292 e. The van der Waals surface area contributed by atoms with Gasteiger partial charge in [0.05, 0.1) is 12.0 Å². The summed E-state index contributed by atoms with van der Waals surface area (Å²) in [5.41, 5.74) is 7.84. The van der Waals surface area contributed by atoms with Crippen LogP contribution in [-0.2, 0) is 4.79 Å². The summed E-state index contributed by atoms with van der Waals surface area (Å²) in [5.74, 6) is -2.07. The van der Waals surface area contributed by atoms with Gasteiger partial charge in [0.25, 0.3) is 5.91 Å². The normalized spacial score (nSPS) is 14.7. The highest BCUT2D eigenvalue weighted by Gasteiger charge is 2.29. The number of furan rings is 1. The lowest BCUT2D eigenvalue weighted by atomic mass is 9.97. The number of nitrogens with two attached hydrogens (primary N) is 1. The molecule has 4 aromatic rings. The predicted molar refractivity (Wildman–Crippen MR) is 138 cm³/mol. The Hall–Kier alpha value is -5.17. The molecule has 190 valence electrons. The Labute approximate surface area is 216 Å². The molecular formula is C28H22FN5O4. The van der Waals surface area contributed by atoms with Gasteiger partial charge in [-0.1, -0.05) is 12.1 Å². The van der Waals surface area contributed by atoms with Crippen molar-refractivity contribution in [3.8, 4) is 34.2 Å². The number of rotatable bonds is 6. The summed E-state index contributed by atoms with van der Waals surface area (Å²) in [5, 5.41) is 23.2. The zero-order chi connectivity index (χ0) is 26.8. The number of amides is 2. The third-order valence-corrected chi connectivity index (χ3v) is 6.41. The van der Waals surface area contributed by atoms with E-state index in [1.807, 2.05) is 17.0 Å². The van der Waals surface area contributed by atoms with Gasteiger partial charge in [-0.15, -0.1) is 0 Å². The fourth-order valence-electron chi connectivity index (χ4n) is 4.64. The molecular weight excluding hydrogens is 489 g/mol. The average Bonchev–Trinajstić information content (AvgIpc) is 3.61. The van der Waals surface area contributed by atoms with Crippen LogP contribution in [0.15, 0.2) is 71.3 Å². The third-order valence-electron chi connectivity index (χ3n) is 6.41. The van der Waals surface area contributed by atoms with Crippen molar-refractivity contribution in [1.29, 1.82) is 5.26 Å². The van der Waals surface area contributed by atoms with Crippen molar-refractivity contribution in [2.45, 2.75) is 18.9 Å². The molecule has 0 radical (unpaired) electrons. The molecule has 1 aliphatic rings. The van der Waals surface area contributed by atoms with Gasteiger partial charge in [-0.3, -0.25) is 9.59 Å². The van der Waals surface area contributed by atoms with E-state index >= 15 is 0 Å². The molecule has 4 N–H and O–H groups in total. The SMILES string of the molecule is N#Cc1c(-c2cccc(N3CCC[C@@H]3C(N)=O)c2)cc(-c2ccc(F)cc2O)nc1NC(=O)c1ccco1. The number of phenols is 1. The Balaban J connectivity index is 1.66. The molecule has 2 amide bonds. The molecule has 0 bridgehead atoms. The minimum absolute atomic E-state index is 0.0146. The zero-order valence-electron chi connectivity index (χ0n) is 20.0. The lowest BCUT2D eigenvalue weighted by Gasteiger charge is -2.25. The Morgan fingerprint density at radius 3 is 2.71 bits per heavy atom. The Bertz CT molecular complexity index is 1580. The first-order valence-corrected chi connectivity index (χ1v) is 11.8. The highest BCUT2D eigenvalue weighted by Crippen LogP contribution is 2.37. The van der Waals surface area contributed by atoms with Crippen LogP contribution in [0.5, 0.6) is 5.75 Å². The number of nitrogens with one attached hydrogen (secondary N) is 1. The highest BCUT2D eigenvalue weighted by molar-refractivity contribution is 6.03. The Morgan fingerprint density at radius 1 is 1.16 bits per heavy atom. The molecule has 1 saturated heterocycles. The second-order valence-corrected chi connectivity index (χ2v) is 8.79. The van der Waals surface area contributed by atoms with E-state index in [4.69, 9.17) is 10.2 Å². The molecule has 38 heavy (non-hydrogen) atoms. The van der Waals surface area contributed by atoms with Gasteiger partial charge in [0.2, 0.25) is 5.91 Å². The van der Waals surface area contributed by atoms with Crippen LogP contribution in [0.2, 0.25) is 0 Å². The zero-order valence-corrected chi connectivity index (χ0v) is 20.0. The van der Waals surface area contributed by atoms with Gasteiger partial charge in [0.15, 0.2) is 11.6 Å². The number of hydrogen-bond acceptors (Lipinski definition) is 7. The molecule has 9 nitrogen and oxygen atoms in total. The fourth-order valence-corrected chi connectivity index (χ4v) is 4.64. The number of aromatic hydroxyl groups is 1.